The topological polar surface area (TPSA) is 15.7 Å². The van der Waals surface area contributed by atoms with Crippen LogP contribution in [0.3, 0.4) is 0 Å². The highest BCUT2D eigenvalue weighted by Gasteiger charge is 2.28. The zero-order valence-electron chi connectivity index (χ0n) is 16.6. The minimum Gasteiger partial charge on any atom is -0.492 e. The molecule has 0 aromatic heterocycles. The molecule has 26 heavy (non-hydrogen) atoms. The van der Waals surface area contributed by atoms with Crippen molar-refractivity contribution in [1.82, 2.24) is 9.80 Å². The Kier molecular flexibility index (Phi) is 6.16. The summed E-state index contributed by atoms with van der Waals surface area (Å²) in [5, 5.41) is 0. The van der Waals surface area contributed by atoms with Crippen LogP contribution >= 0.6 is 0 Å². The zero-order chi connectivity index (χ0) is 17.8. The molecule has 0 radical (unpaired) electrons. The molecule has 0 spiro atoms. The van der Waals surface area contributed by atoms with Crippen LogP contribution < -0.4 is 4.74 Å². The molecule has 3 aliphatic rings. The van der Waals surface area contributed by atoms with Crippen molar-refractivity contribution in [3.8, 4) is 5.75 Å². The summed E-state index contributed by atoms with van der Waals surface area (Å²) >= 11 is 0. The highest BCUT2D eigenvalue weighted by atomic mass is 16.5. The van der Waals surface area contributed by atoms with Gasteiger partial charge in [-0.15, -0.1) is 0 Å². The van der Waals surface area contributed by atoms with E-state index in [1.807, 2.05) is 0 Å². The van der Waals surface area contributed by atoms with Crippen molar-refractivity contribution in [2.45, 2.75) is 57.8 Å². The number of aryl methyl sites for hydroxylation is 1. The lowest BCUT2D eigenvalue weighted by Gasteiger charge is -2.34. The lowest BCUT2D eigenvalue weighted by atomic mass is 9.76. The Morgan fingerprint density at radius 2 is 1.69 bits per heavy atom. The maximum Gasteiger partial charge on any atom is 0.119 e. The summed E-state index contributed by atoms with van der Waals surface area (Å²) in [6.07, 6.45) is 9.47. The highest BCUT2D eigenvalue weighted by Crippen LogP contribution is 2.38. The van der Waals surface area contributed by atoms with Gasteiger partial charge < -0.3 is 9.64 Å². The third-order valence-electron chi connectivity index (χ3n) is 6.91. The highest BCUT2D eigenvalue weighted by molar-refractivity contribution is 5.39. The van der Waals surface area contributed by atoms with Gasteiger partial charge in [-0.05, 0) is 99.8 Å². The molecule has 3 heteroatoms. The van der Waals surface area contributed by atoms with Crippen molar-refractivity contribution in [2.24, 2.45) is 5.92 Å². The van der Waals surface area contributed by atoms with E-state index < -0.39 is 0 Å². The quantitative estimate of drug-likeness (QED) is 0.755. The largest absolute Gasteiger partial charge is 0.492 e. The van der Waals surface area contributed by atoms with E-state index in [0.717, 1.165) is 24.8 Å². The third-order valence-corrected chi connectivity index (χ3v) is 6.91. The predicted octanol–water partition coefficient (Wildman–Crippen LogP) is 4.31. The van der Waals surface area contributed by atoms with Gasteiger partial charge in [0.25, 0.3) is 0 Å². The average Bonchev–Trinajstić information content (AvgIpc) is 3.18. The fourth-order valence-electron chi connectivity index (χ4n) is 5.20. The SMILES string of the molecule is CC1c2ccc(OCCN3CCCCC3)cc2CCC1CN1CCCC1. The summed E-state index contributed by atoms with van der Waals surface area (Å²) < 4.78 is 6.09. The first-order chi connectivity index (χ1) is 12.8. The number of rotatable bonds is 6. The maximum atomic E-state index is 6.09. The van der Waals surface area contributed by atoms with E-state index in [9.17, 15) is 0 Å². The molecule has 4 rings (SSSR count). The smallest absolute Gasteiger partial charge is 0.119 e. The molecule has 2 atom stereocenters. The summed E-state index contributed by atoms with van der Waals surface area (Å²) in [5.41, 5.74) is 3.11. The number of benzene rings is 1. The van der Waals surface area contributed by atoms with Crippen LogP contribution in [0.1, 0.15) is 62.5 Å². The minimum atomic E-state index is 0.682. The van der Waals surface area contributed by atoms with Crippen LogP contribution in [0.25, 0.3) is 0 Å². The van der Waals surface area contributed by atoms with E-state index in [1.165, 1.54) is 83.2 Å². The molecule has 2 heterocycles. The molecule has 2 saturated heterocycles. The number of likely N-dealkylation sites (tertiary alicyclic amines) is 2. The molecule has 1 aliphatic carbocycles. The summed E-state index contributed by atoms with van der Waals surface area (Å²) in [7, 11) is 0. The molecular weight excluding hydrogens is 320 g/mol. The monoisotopic (exact) mass is 356 g/mol. The Balaban J connectivity index is 1.30. The lowest BCUT2D eigenvalue weighted by Crippen LogP contribution is -2.33. The first kappa shape index (κ1) is 18.3. The molecule has 0 saturated carbocycles. The van der Waals surface area contributed by atoms with Gasteiger partial charge in [0.15, 0.2) is 0 Å². The van der Waals surface area contributed by atoms with Gasteiger partial charge in [-0.25, -0.2) is 0 Å². The number of ether oxygens (including phenoxy) is 1. The van der Waals surface area contributed by atoms with Gasteiger partial charge in [0.2, 0.25) is 0 Å². The molecule has 2 unspecified atom stereocenters. The molecule has 0 bridgehead atoms. The van der Waals surface area contributed by atoms with Crippen molar-refractivity contribution in [3.63, 3.8) is 0 Å². The first-order valence-electron chi connectivity index (χ1n) is 11.0. The minimum absolute atomic E-state index is 0.682. The summed E-state index contributed by atoms with van der Waals surface area (Å²) in [6.45, 7) is 10.8. The van der Waals surface area contributed by atoms with Crippen LogP contribution in [0.2, 0.25) is 0 Å². The van der Waals surface area contributed by atoms with E-state index in [2.05, 4.69) is 34.9 Å². The van der Waals surface area contributed by atoms with E-state index in [0.29, 0.717) is 5.92 Å². The van der Waals surface area contributed by atoms with E-state index in [-0.39, 0.29) is 0 Å². The van der Waals surface area contributed by atoms with Crippen molar-refractivity contribution in [3.05, 3.63) is 29.3 Å². The van der Waals surface area contributed by atoms with Gasteiger partial charge in [0.05, 0.1) is 0 Å². The Morgan fingerprint density at radius 3 is 2.50 bits per heavy atom. The Hall–Kier alpha value is -1.06. The fraction of sp³-hybridized carbons (Fsp3) is 0.739. The molecule has 3 nitrogen and oxygen atoms in total. The molecule has 0 N–H and O–H groups in total. The summed E-state index contributed by atoms with van der Waals surface area (Å²) in [5.74, 6) is 2.58. The van der Waals surface area contributed by atoms with E-state index >= 15 is 0 Å². The van der Waals surface area contributed by atoms with Crippen LogP contribution in [-0.2, 0) is 6.42 Å². The molecule has 1 aromatic rings. The second-order valence-corrected chi connectivity index (χ2v) is 8.71. The number of hydrogen-bond acceptors (Lipinski definition) is 3. The molecule has 1 aromatic carbocycles. The van der Waals surface area contributed by atoms with Crippen LogP contribution in [0, 0.1) is 5.92 Å². The first-order valence-corrected chi connectivity index (χ1v) is 11.0. The van der Waals surface area contributed by atoms with Crippen molar-refractivity contribution in [2.75, 3.05) is 45.9 Å². The second kappa shape index (κ2) is 8.75. The van der Waals surface area contributed by atoms with Gasteiger partial charge in [-0.1, -0.05) is 19.4 Å². The average molecular weight is 357 g/mol. The van der Waals surface area contributed by atoms with Gasteiger partial charge in [-0.3, -0.25) is 4.90 Å². The van der Waals surface area contributed by atoms with Crippen molar-refractivity contribution in [1.29, 1.82) is 0 Å². The van der Waals surface area contributed by atoms with Crippen molar-refractivity contribution < 1.29 is 4.74 Å². The second-order valence-electron chi connectivity index (χ2n) is 8.71. The molecule has 2 fully saturated rings. The standard InChI is InChI=1S/C23H36N2O/c1-19-21(18-25-13-5-6-14-25)8-7-20-17-22(9-10-23(19)20)26-16-15-24-11-3-2-4-12-24/h9-10,17,19,21H,2-8,11-16,18H2,1H3. The number of nitrogens with zero attached hydrogens (tertiary/aromatic N) is 2. The summed E-state index contributed by atoms with van der Waals surface area (Å²) in [6, 6.07) is 6.89. The number of hydrogen-bond donors (Lipinski definition) is 0. The Labute approximate surface area is 159 Å². The summed E-state index contributed by atoms with van der Waals surface area (Å²) in [4.78, 5) is 5.23. The number of fused-ring (bicyclic) bond motifs is 1. The van der Waals surface area contributed by atoms with Gasteiger partial charge in [0, 0.05) is 13.1 Å². The Morgan fingerprint density at radius 1 is 0.962 bits per heavy atom. The van der Waals surface area contributed by atoms with E-state index in [4.69, 9.17) is 4.74 Å². The van der Waals surface area contributed by atoms with Crippen LogP contribution in [0.15, 0.2) is 18.2 Å². The van der Waals surface area contributed by atoms with Crippen LogP contribution in [0.4, 0.5) is 0 Å². The van der Waals surface area contributed by atoms with Crippen LogP contribution in [-0.4, -0.2) is 55.7 Å². The molecule has 0 amide bonds. The molecule has 2 aliphatic heterocycles. The normalized spacial score (nSPS) is 27.4. The Bertz CT molecular complexity index is 576. The van der Waals surface area contributed by atoms with E-state index in [1.54, 1.807) is 5.56 Å². The van der Waals surface area contributed by atoms with Gasteiger partial charge >= 0.3 is 0 Å². The van der Waals surface area contributed by atoms with Gasteiger partial charge in [-0.2, -0.15) is 0 Å². The third kappa shape index (κ3) is 4.43. The molecular formula is C23H36N2O. The van der Waals surface area contributed by atoms with Gasteiger partial charge in [0.1, 0.15) is 12.4 Å². The fourth-order valence-corrected chi connectivity index (χ4v) is 5.20. The van der Waals surface area contributed by atoms with Crippen molar-refractivity contribution >= 4 is 0 Å². The molecule has 144 valence electrons. The maximum absolute atomic E-state index is 6.09. The predicted molar refractivity (Wildman–Crippen MR) is 108 cm³/mol. The number of piperidine rings is 1. The zero-order valence-corrected chi connectivity index (χ0v) is 16.6. The van der Waals surface area contributed by atoms with Crippen LogP contribution in [0.5, 0.6) is 5.75 Å². The lowest BCUT2D eigenvalue weighted by molar-refractivity contribution is 0.183.